The first-order chi connectivity index (χ1) is 32.0. The highest BCUT2D eigenvalue weighted by atomic mass is 16.2. The first-order valence-corrected chi connectivity index (χ1v) is 21.0. The molecule has 310 valence electrons. The Morgan fingerprint density at radius 1 is 0.288 bits per heavy atom. The molecule has 0 radical (unpaired) electrons. The van der Waals surface area contributed by atoms with Crippen molar-refractivity contribution in [3.05, 3.63) is 178 Å². The van der Waals surface area contributed by atoms with E-state index in [0.717, 1.165) is 10.9 Å². The van der Waals surface area contributed by atoms with Crippen molar-refractivity contribution in [3.63, 3.8) is 0 Å². The lowest BCUT2D eigenvalue weighted by Gasteiger charge is -2.38. The van der Waals surface area contributed by atoms with Gasteiger partial charge in [0.15, 0.2) is 0 Å². The van der Waals surface area contributed by atoms with Gasteiger partial charge in [-0.3, -0.25) is 59.6 Å². The topological polar surface area (TPSA) is 191 Å². The molecule has 7 aromatic carbocycles. The van der Waals surface area contributed by atoms with Gasteiger partial charge in [0, 0.05) is 34.1 Å². The van der Waals surface area contributed by atoms with E-state index in [1.165, 1.54) is 0 Å². The molecule has 13 rings (SSSR count). The van der Waals surface area contributed by atoms with Crippen LogP contribution < -0.4 is 63.8 Å². The first kappa shape index (κ1) is 37.4. The Labute approximate surface area is 373 Å². The fraction of sp³-hybridized carbons (Fsp3) is 0. The molecule has 66 heavy (non-hydrogen) atoms. The Balaban J connectivity index is 1.04. The van der Waals surface area contributed by atoms with E-state index in [2.05, 4.69) is 21.3 Å². The minimum Gasteiger partial charge on any atom is -0.311 e. The third-order valence-corrected chi connectivity index (χ3v) is 13.4. The van der Waals surface area contributed by atoms with Gasteiger partial charge >= 0.3 is 0 Å². The number of imide groups is 4. The van der Waals surface area contributed by atoms with Gasteiger partial charge in [0.05, 0.1) is 44.5 Å². The van der Waals surface area contributed by atoms with Crippen molar-refractivity contribution in [2.75, 3.05) is 9.80 Å². The third-order valence-electron chi connectivity index (χ3n) is 13.4. The molecular weight excluding hydrogens is 834 g/mol. The number of hydrogen-bond donors (Lipinski definition) is 4. The zero-order valence-electron chi connectivity index (χ0n) is 34.0. The van der Waals surface area contributed by atoms with Gasteiger partial charge in [-0.25, -0.2) is 0 Å². The number of nitrogens with zero attached hydrogens (tertiary/aromatic N) is 2. The van der Waals surface area contributed by atoms with Gasteiger partial charge in [0.1, 0.15) is 0 Å². The summed E-state index contributed by atoms with van der Waals surface area (Å²) in [6, 6.07) is 40.1. The fourth-order valence-corrected chi connectivity index (χ4v) is 10.5. The van der Waals surface area contributed by atoms with E-state index in [0.29, 0.717) is 56.0 Å². The van der Waals surface area contributed by atoms with Crippen LogP contribution in [0.1, 0.15) is 82.9 Å². The van der Waals surface area contributed by atoms with E-state index in [9.17, 15) is 38.4 Å². The number of amides is 8. The summed E-state index contributed by atoms with van der Waals surface area (Å²) in [4.78, 5) is 110. The second kappa shape index (κ2) is 13.2. The molecule has 7 aromatic rings. The number of hydrogen-bond acceptors (Lipinski definition) is 10. The highest BCUT2D eigenvalue weighted by Crippen LogP contribution is 2.41. The average Bonchev–Trinajstić information content (AvgIpc) is 3.98. The molecule has 16 heteroatoms. The second-order valence-corrected chi connectivity index (χ2v) is 16.8. The lowest BCUT2D eigenvalue weighted by molar-refractivity contribution is 0.0863. The van der Waals surface area contributed by atoms with Crippen molar-refractivity contribution in [3.8, 4) is 0 Å². The van der Waals surface area contributed by atoms with Crippen molar-refractivity contribution in [1.82, 2.24) is 21.3 Å². The molecule has 0 aromatic heterocycles. The Morgan fingerprint density at radius 3 is 0.758 bits per heavy atom. The Morgan fingerprint density at radius 2 is 0.515 bits per heavy atom. The van der Waals surface area contributed by atoms with Crippen LogP contribution in [0.15, 0.2) is 133 Å². The number of carbonyl (C=O) groups is 8. The van der Waals surface area contributed by atoms with Crippen LogP contribution in [0.5, 0.6) is 0 Å². The summed E-state index contributed by atoms with van der Waals surface area (Å²) >= 11 is 0. The molecule has 6 heterocycles. The van der Waals surface area contributed by atoms with Gasteiger partial charge in [-0.05, 0) is 70.4 Å². The van der Waals surface area contributed by atoms with E-state index in [1.54, 1.807) is 48.5 Å². The molecule has 0 spiro atoms. The normalized spacial score (nSPS) is 15.9. The number of rotatable bonds is 4. The van der Waals surface area contributed by atoms with E-state index in [-0.39, 0.29) is 44.5 Å². The number of nitrogens with one attached hydrogen (secondary N) is 4. The van der Waals surface area contributed by atoms with Crippen molar-refractivity contribution in [2.24, 2.45) is 0 Å². The number of carbonyl (C=O) groups excluding carboxylic acids is 8. The number of fused-ring (bicyclic) bond motifs is 8. The summed E-state index contributed by atoms with van der Waals surface area (Å²) in [6.45, 7) is -1.27. The number of anilines is 6. The standard InChI is InChI=1S/C50H26B2N6O8/c59-43-27-15-35-39(19-31(27)47(63)53-43)57(25-7-3-1-4-8-25)40-20-32-28(44(60)54-48(32)64)16-36(40)51(35)23-11-13-24(14-12-23)52-37-17-29-33(49(65)55-45(29)61)21-41(37)58(26-9-5-2-6-10-26)42-22-34-30(18-38(42)52)46(62)56-50(34)66/h1-22H,(H,53,59,63)(H,54,60,64)(H,55,61,65)(H,56,62,66). The zero-order valence-corrected chi connectivity index (χ0v) is 34.0. The van der Waals surface area contributed by atoms with Crippen LogP contribution in [0.25, 0.3) is 0 Å². The summed E-state index contributed by atoms with van der Waals surface area (Å²) in [5, 5.41) is 9.66. The van der Waals surface area contributed by atoms with Gasteiger partial charge in [0.25, 0.3) is 47.3 Å². The van der Waals surface area contributed by atoms with Crippen LogP contribution in [0, 0.1) is 0 Å². The number of para-hydroxylation sites is 2. The maximum atomic E-state index is 13.3. The van der Waals surface area contributed by atoms with Crippen LogP contribution in [-0.2, 0) is 0 Å². The molecule has 6 aliphatic rings. The van der Waals surface area contributed by atoms with Crippen LogP contribution in [0.2, 0.25) is 0 Å². The molecule has 8 amide bonds. The molecule has 6 aliphatic heterocycles. The van der Waals surface area contributed by atoms with Crippen molar-refractivity contribution in [1.29, 1.82) is 0 Å². The Kier molecular flexibility index (Phi) is 7.47. The van der Waals surface area contributed by atoms with Crippen molar-refractivity contribution >= 4 is 128 Å². The lowest BCUT2D eigenvalue weighted by Crippen LogP contribution is -2.59. The predicted molar refractivity (Wildman–Crippen MR) is 245 cm³/mol. The summed E-state index contributed by atoms with van der Waals surface area (Å²) in [5.41, 5.74) is 9.56. The predicted octanol–water partition coefficient (Wildman–Crippen LogP) is 1.82. The first-order valence-electron chi connectivity index (χ1n) is 21.0. The molecule has 0 saturated carbocycles. The van der Waals surface area contributed by atoms with E-state index < -0.39 is 60.7 Å². The van der Waals surface area contributed by atoms with Gasteiger partial charge in [-0.1, -0.05) is 95.9 Å². The molecule has 0 bridgehead atoms. The molecule has 0 atom stereocenters. The van der Waals surface area contributed by atoms with Crippen LogP contribution in [0.3, 0.4) is 0 Å². The lowest BCUT2D eigenvalue weighted by atomic mass is 9.33. The minimum atomic E-state index is -0.637. The summed E-state index contributed by atoms with van der Waals surface area (Å²) in [7, 11) is 0. The maximum absolute atomic E-state index is 13.3. The Hall–Kier alpha value is -9.17. The fourth-order valence-electron chi connectivity index (χ4n) is 10.5. The molecule has 0 aliphatic carbocycles. The van der Waals surface area contributed by atoms with Crippen LogP contribution >= 0.6 is 0 Å². The Bertz CT molecular complexity index is 3160. The average molecular weight is 860 g/mol. The largest absolute Gasteiger partial charge is 0.311 e. The van der Waals surface area contributed by atoms with Gasteiger partial charge < -0.3 is 9.80 Å². The molecule has 0 unspecified atom stereocenters. The summed E-state index contributed by atoms with van der Waals surface area (Å²) in [5.74, 6) is -4.27. The van der Waals surface area contributed by atoms with E-state index >= 15 is 0 Å². The smallest absolute Gasteiger partial charge is 0.259 e. The van der Waals surface area contributed by atoms with Gasteiger partial charge in [0.2, 0.25) is 13.4 Å². The van der Waals surface area contributed by atoms with Crippen LogP contribution in [-0.4, -0.2) is 60.7 Å². The SMILES string of the molecule is O=C1NC(=O)c2cc3c(cc21)B(c1ccc(B2c4cc5c(cc4N(c4ccccc4)c4cc6c(cc42)C(=O)NC6=O)C(=O)NC5=O)cc1)c1cc2c(cc1N3c1ccccc1)C(=O)NC2=O. The van der Waals surface area contributed by atoms with Crippen molar-refractivity contribution < 1.29 is 38.4 Å². The van der Waals surface area contributed by atoms with Crippen molar-refractivity contribution in [2.45, 2.75) is 0 Å². The number of benzene rings is 7. The van der Waals surface area contributed by atoms with Gasteiger partial charge in [-0.15, -0.1) is 0 Å². The molecule has 4 N–H and O–H groups in total. The molecule has 14 nitrogen and oxygen atoms in total. The minimum absolute atomic E-state index is 0.203. The van der Waals surface area contributed by atoms with E-state index in [4.69, 9.17) is 0 Å². The zero-order chi connectivity index (χ0) is 44.9. The third kappa shape index (κ3) is 5.08. The van der Waals surface area contributed by atoms with Crippen LogP contribution in [0.4, 0.5) is 34.1 Å². The monoisotopic (exact) mass is 860 g/mol. The highest BCUT2D eigenvalue weighted by Gasteiger charge is 2.44. The second-order valence-electron chi connectivity index (χ2n) is 16.8. The molecular formula is C50H26B2N6O8. The summed E-state index contributed by atoms with van der Waals surface area (Å²) < 4.78 is 0. The van der Waals surface area contributed by atoms with Gasteiger partial charge in [-0.2, -0.15) is 0 Å². The molecule has 0 fully saturated rings. The highest BCUT2D eigenvalue weighted by molar-refractivity contribution is 6.99. The van der Waals surface area contributed by atoms with E-state index in [1.807, 2.05) is 94.7 Å². The maximum Gasteiger partial charge on any atom is 0.259 e. The molecule has 0 saturated heterocycles. The quantitative estimate of drug-likeness (QED) is 0.150. The summed E-state index contributed by atoms with van der Waals surface area (Å²) in [6.07, 6.45) is 0.